The molecule has 2 aliphatic rings. The molecular formula is C12H22O11. The van der Waals surface area contributed by atoms with Crippen LogP contribution in [0.2, 0.25) is 0 Å². The van der Waals surface area contributed by atoms with Crippen LogP contribution < -0.4 is 0 Å². The van der Waals surface area contributed by atoms with Gasteiger partial charge in [-0.2, -0.15) is 0 Å². The van der Waals surface area contributed by atoms with Crippen LogP contribution >= 0.6 is 0 Å². The molecule has 8 N–H and O–H groups in total. The van der Waals surface area contributed by atoms with Gasteiger partial charge in [-0.25, -0.2) is 0 Å². The van der Waals surface area contributed by atoms with Crippen LogP contribution in [-0.2, 0) is 14.2 Å². The fourth-order valence-electron chi connectivity index (χ4n) is 2.55. The van der Waals surface area contributed by atoms with Crippen LogP contribution in [0, 0.1) is 0 Å². The molecule has 0 aromatic heterocycles. The van der Waals surface area contributed by atoms with Crippen molar-refractivity contribution in [2.24, 2.45) is 0 Å². The third kappa shape index (κ3) is 3.65. The van der Waals surface area contributed by atoms with Crippen molar-refractivity contribution in [1.29, 1.82) is 0 Å². The lowest BCUT2D eigenvalue weighted by atomic mass is 9.97. The van der Waals surface area contributed by atoms with E-state index in [4.69, 9.17) is 24.4 Å². The normalized spacial score (nSPS) is 51.7. The molecule has 0 saturated carbocycles. The lowest BCUT2D eigenvalue weighted by Gasteiger charge is -2.44. The lowest BCUT2D eigenvalue weighted by molar-refractivity contribution is -0.361. The molecule has 2 rings (SSSR count). The van der Waals surface area contributed by atoms with Crippen molar-refractivity contribution in [3.8, 4) is 0 Å². The number of rotatable bonds is 4. The third-order valence-electron chi connectivity index (χ3n) is 3.98. The van der Waals surface area contributed by atoms with Gasteiger partial charge in [0.2, 0.25) is 0 Å². The molecule has 11 nitrogen and oxygen atoms in total. The summed E-state index contributed by atoms with van der Waals surface area (Å²) in [6.07, 6.45) is -15.6. The van der Waals surface area contributed by atoms with E-state index in [1.54, 1.807) is 0 Å². The highest BCUT2D eigenvalue weighted by atomic mass is 16.7. The summed E-state index contributed by atoms with van der Waals surface area (Å²) >= 11 is 0. The van der Waals surface area contributed by atoms with Crippen LogP contribution in [0.3, 0.4) is 0 Å². The Bertz CT molecular complexity index is 380. The summed E-state index contributed by atoms with van der Waals surface area (Å²) in [5, 5.41) is 76.7. The first-order valence-corrected chi connectivity index (χ1v) is 7.08. The molecule has 0 amide bonds. The third-order valence-corrected chi connectivity index (χ3v) is 3.98. The van der Waals surface area contributed by atoms with Crippen LogP contribution in [0.5, 0.6) is 0 Å². The largest absolute Gasteiger partial charge is 0.394 e. The fraction of sp³-hybridized carbons (Fsp3) is 1.00. The van der Waals surface area contributed by atoms with Crippen LogP contribution in [0.15, 0.2) is 0 Å². The summed E-state index contributed by atoms with van der Waals surface area (Å²) in [6.45, 7) is -1.33. The second-order valence-corrected chi connectivity index (χ2v) is 5.53. The predicted octanol–water partition coefficient (Wildman–Crippen LogP) is -5.40. The molecule has 11 heteroatoms. The van der Waals surface area contributed by atoms with Crippen LogP contribution in [-0.4, -0.2) is 115 Å². The van der Waals surface area contributed by atoms with E-state index >= 15 is 0 Å². The summed E-state index contributed by atoms with van der Waals surface area (Å²) in [4.78, 5) is 0. The lowest BCUT2D eigenvalue weighted by Crippen LogP contribution is -2.64. The van der Waals surface area contributed by atoms with E-state index in [1.807, 2.05) is 0 Å². The average Bonchev–Trinajstić information content (AvgIpc) is 2.54. The molecule has 0 unspecified atom stereocenters. The topological polar surface area (TPSA) is 190 Å². The number of aliphatic hydroxyl groups is 8. The SMILES string of the molecule is OC[C@H]1O[C@H](O)[C@H](O[C@H]2O[C@H](CO)[C@@H](O)[C@H](O)[C@H]2O)[C@@H](O)[C@H]1O. The van der Waals surface area contributed by atoms with Crippen molar-refractivity contribution in [2.75, 3.05) is 13.2 Å². The molecule has 10 atom stereocenters. The van der Waals surface area contributed by atoms with Gasteiger partial charge < -0.3 is 55.1 Å². The highest BCUT2D eigenvalue weighted by molar-refractivity contribution is 4.93. The van der Waals surface area contributed by atoms with Crippen molar-refractivity contribution in [1.82, 2.24) is 0 Å². The van der Waals surface area contributed by atoms with E-state index in [9.17, 15) is 30.6 Å². The maximum absolute atomic E-state index is 9.94. The number of aliphatic hydroxyl groups excluding tert-OH is 8. The van der Waals surface area contributed by atoms with E-state index in [1.165, 1.54) is 0 Å². The molecule has 0 spiro atoms. The summed E-state index contributed by atoms with van der Waals surface area (Å²) in [5.41, 5.74) is 0. The fourth-order valence-corrected chi connectivity index (χ4v) is 2.55. The van der Waals surface area contributed by atoms with Gasteiger partial charge in [-0.15, -0.1) is 0 Å². The smallest absolute Gasteiger partial charge is 0.187 e. The van der Waals surface area contributed by atoms with Gasteiger partial charge in [-0.1, -0.05) is 0 Å². The van der Waals surface area contributed by atoms with E-state index in [-0.39, 0.29) is 0 Å². The zero-order valence-electron chi connectivity index (χ0n) is 12.0. The first kappa shape index (κ1) is 18.9. The predicted molar refractivity (Wildman–Crippen MR) is 68.6 cm³/mol. The highest BCUT2D eigenvalue weighted by Gasteiger charge is 2.50. The minimum atomic E-state index is -1.75. The second kappa shape index (κ2) is 7.63. The van der Waals surface area contributed by atoms with Gasteiger partial charge in [0.15, 0.2) is 12.6 Å². The molecule has 2 heterocycles. The number of ether oxygens (including phenoxy) is 3. The van der Waals surface area contributed by atoms with Crippen LogP contribution in [0.1, 0.15) is 0 Å². The minimum Gasteiger partial charge on any atom is -0.394 e. The Balaban J connectivity index is 2.08. The molecule has 23 heavy (non-hydrogen) atoms. The molecule has 0 radical (unpaired) electrons. The van der Waals surface area contributed by atoms with Gasteiger partial charge in [0.05, 0.1) is 13.2 Å². The van der Waals surface area contributed by atoms with Gasteiger partial charge >= 0.3 is 0 Å². The Morgan fingerprint density at radius 2 is 1.17 bits per heavy atom. The van der Waals surface area contributed by atoms with Gasteiger partial charge in [0.1, 0.15) is 48.8 Å². The molecule has 0 aromatic rings. The zero-order valence-corrected chi connectivity index (χ0v) is 12.0. The highest BCUT2D eigenvalue weighted by Crippen LogP contribution is 2.28. The van der Waals surface area contributed by atoms with E-state index in [0.29, 0.717) is 0 Å². The molecule has 2 fully saturated rings. The first-order chi connectivity index (χ1) is 10.8. The zero-order chi connectivity index (χ0) is 17.3. The average molecular weight is 342 g/mol. The Hall–Kier alpha value is -0.440. The Labute approximate surface area is 130 Å². The summed E-state index contributed by atoms with van der Waals surface area (Å²) in [6, 6.07) is 0. The molecule has 2 saturated heterocycles. The maximum Gasteiger partial charge on any atom is 0.187 e. The van der Waals surface area contributed by atoms with Crippen molar-refractivity contribution in [2.45, 2.75) is 61.4 Å². The van der Waals surface area contributed by atoms with Gasteiger partial charge in [0.25, 0.3) is 0 Å². The summed E-state index contributed by atoms with van der Waals surface area (Å²) < 4.78 is 15.1. The van der Waals surface area contributed by atoms with E-state index in [2.05, 4.69) is 0 Å². The molecule has 0 aromatic carbocycles. The molecule has 2 aliphatic heterocycles. The standard InChI is InChI=1S/C12H22O11/c13-1-3-6(16)8(18)10(11(20)21-3)23-12-9(19)7(17)5(15)4(2-14)22-12/h3-20H,1-2H2/t3-,4-,5-,6+,7+,8+,9-,10-,11+,12-/m1/s1. The van der Waals surface area contributed by atoms with Gasteiger partial charge in [-0.3, -0.25) is 0 Å². The quantitative estimate of drug-likeness (QED) is 0.243. The van der Waals surface area contributed by atoms with Crippen molar-refractivity contribution in [3.63, 3.8) is 0 Å². The van der Waals surface area contributed by atoms with E-state index in [0.717, 1.165) is 0 Å². The van der Waals surface area contributed by atoms with Crippen LogP contribution in [0.25, 0.3) is 0 Å². The monoisotopic (exact) mass is 342 g/mol. The molecule has 0 bridgehead atoms. The number of hydrogen-bond donors (Lipinski definition) is 8. The molecule has 136 valence electrons. The van der Waals surface area contributed by atoms with Gasteiger partial charge in [0, 0.05) is 0 Å². The van der Waals surface area contributed by atoms with Crippen molar-refractivity contribution >= 4 is 0 Å². The van der Waals surface area contributed by atoms with E-state index < -0.39 is 74.6 Å². The summed E-state index contributed by atoms with van der Waals surface area (Å²) in [7, 11) is 0. The maximum atomic E-state index is 9.94. The van der Waals surface area contributed by atoms with Crippen LogP contribution in [0.4, 0.5) is 0 Å². The Morgan fingerprint density at radius 1 is 0.652 bits per heavy atom. The molecular weight excluding hydrogens is 320 g/mol. The Morgan fingerprint density at radius 3 is 1.74 bits per heavy atom. The van der Waals surface area contributed by atoms with Gasteiger partial charge in [-0.05, 0) is 0 Å². The number of hydrogen-bond acceptors (Lipinski definition) is 11. The van der Waals surface area contributed by atoms with Crippen molar-refractivity contribution in [3.05, 3.63) is 0 Å². The first-order valence-electron chi connectivity index (χ1n) is 7.08. The summed E-state index contributed by atoms with van der Waals surface area (Å²) in [5.74, 6) is 0. The Kier molecular flexibility index (Phi) is 6.27. The minimum absolute atomic E-state index is 0.651. The van der Waals surface area contributed by atoms with Crippen molar-refractivity contribution < 1.29 is 55.1 Å². The second-order valence-electron chi connectivity index (χ2n) is 5.53. The molecule has 0 aliphatic carbocycles.